The van der Waals surface area contributed by atoms with E-state index in [1.54, 1.807) is 18.2 Å². The quantitative estimate of drug-likeness (QED) is 0.403. The van der Waals surface area contributed by atoms with Crippen molar-refractivity contribution in [2.24, 2.45) is 0 Å². The van der Waals surface area contributed by atoms with Crippen molar-refractivity contribution in [2.45, 2.75) is 16.8 Å². The van der Waals surface area contributed by atoms with E-state index in [0.717, 1.165) is 0 Å². The van der Waals surface area contributed by atoms with Crippen molar-refractivity contribution >= 4 is 27.5 Å². The molecule has 2 aromatic carbocycles. The number of aromatic hydroxyl groups is 1. The number of esters is 1. The van der Waals surface area contributed by atoms with E-state index in [0.29, 0.717) is 5.39 Å². The first-order valence-corrected chi connectivity index (χ1v) is 8.90. The number of hydrogen-bond acceptors (Lipinski definition) is 8. The van der Waals surface area contributed by atoms with Gasteiger partial charge in [-0.2, -0.15) is 0 Å². The van der Waals surface area contributed by atoms with Crippen LogP contribution < -0.4 is 14.2 Å². The Morgan fingerprint density at radius 3 is 2.44 bits per heavy atom. The standard InChI is InChI=1S/C18H16N2O6S/c1-10(21)26-16-11-5-4-6-12(27(23)13-7-8-19-9-20-13)14(11)15(22)17(24-2)18(16)25-3/h4-9,22H,1-3H3. The van der Waals surface area contributed by atoms with Crippen LogP contribution in [0.1, 0.15) is 6.92 Å². The number of carbonyl (C=O) groups is 1. The molecule has 0 bridgehead atoms. The van der Waals surface area contributed by atoms with E-state index in [1.807, 2.05) is 0 Å². The van der Waals surface area contributed by atoms with Gasteiger partial charge in [0, 0.05) is 23.9 Å². The van der Waals surface area contributed by atoms with Crippen LogP contribution in [0.2, 0.25) is 0 Å². The second kappa shape index (κ2) is 7.58. The van der Waals surface area contributed by atoms with Crippen LogP contribution in [0.25, 0.3) is 10.8 Å². The summed E-state index contributed by atoms with van der Waals surface area (Å²) in [5, 5.41) is 11.6. The van der Waals surface area contributed by atoms with Gasteiger partial charge in [0.05, 0.1) is 19.1 Å². The Bertz CT molecular complexity index is 1040. The summed E-state index contributed by atoms with van der Waals surface area (Å²) in [4.78, 5) is 19.7. The van der Waals surface area contributed by atoms with Gasteiger partial charge in [0.25, 0.3) is 0 Å². The number of rotatable bonds is 5. The zero-order valence-corrected chi connectivity index (χ0v) is 15.6. The minimum absolute atomic E-state index is 0.0339. The van der Waals surface area contributed by atoms with Crippen molar-refractivity contribution < 1.29 is 28.3 Å². The lowest BCUT2D eigenvalue weighted by Gasteiger charge is -2.18. The second-order valence-electron chi connectivity index (χ2n) is 5.33. The topological polar surface area (TPSA) is 108 Å². The first-order valence-electron chi connectivity index (χ1n) is 7.75. The lowest BCUT2D eigenvalue weighted by atomic mass is 10.1. The number of benzene rings is 2. The van der Waals surface area contributed by atoms with Crippen LogP contribution in [0.4, 0.5) is 0 Å². The number of phenols is 1. The minimum Gasteiger partial charge on any atom is -0.504 e. The number of nitrogens with zero attached hydrogens (tertiary/aromatic N) is 2. The summed E-state index contributed by atoms with van der Waals surface area (Å²) in [5.74, 6) is -0.768. The molecule has 1 unspecified atom stereocenters. The predicted octanol–water partition coefficient (Wildman–Crippen LogP) is 2.44. The lowest BCUT2D eigenvalue weighted by molar-refractivity contribution is -0.131. The van der Waals surface area contributed by atoms with E-state index in [4.69, 9.17) is 14.2 Å². The fraction of sp³-hybridized carbons (Fsp3) is 0.167. The molecule has 9 heteroatoms. The third-order valence-corrected chi connectivity index (χ3v) is 5.09. The van der Waals surface area contributed by atoms with Gasteiger partial charge in [-0.1, -0.05) is 12.1 Å². The number of ether oxygens (including phenoxy) is 3. The molecule has 0 fully saturated rings. The molecule has 1 atom stereocenters. The largest absolute Gasteiger partial charge is 0.504 e. The van der Waals surface area contributed by atoms with Crippen LogP contribution in [0, 0.1) is 0 Å². The highest BCUT2D eigenvalue weighted by Gasteiger charge is 2.26. The Balaban J connectivity index is 2.38. The molecule has 27 heavy (non-hydrogen) atoms. The van der Waals surface area contributed by atoms with Crippen molar-refractivity contribution in [3.8, 4) is 23.0 Å². The molecule has 0 amide bonds. The SMILES string of the molecule is COc1c(OC)c(O)c2c(S(=O)c3ccncn3)cccc2c1OC(C)=O. The molecule has 3 rings (SSSR count). The van der Waals surface area contributed by atoms with Gasteiger partial charge in [-0.25, -0.2) is 14.2 Å². The number of phenolic OH excluding ortho intramolecular Hbond substituents is 1. The van der Waals surface area contributed by atoms with E-state index < -0.39 is 16.8 Å². The smallest absolute Gasteiger partial charge is 0.308 e. The van der Waals surface area contributed by atoms with Crippen molar-refractivity contribution in [2.75, 3.05) is 14.2 Å². The molecule has 3 aromatic rings. The van der Waals surface area contributed by atoms with Crippen LogP contribution in [0.3, 0.4) is 0 Å². The Labute approximate surface area is 157 Å². The van der Waals surface area contributed by atoms with Crippen LogP contribution in [0.5, 0.6) is 23.0 Å². The maximum atomic E-state index is 13.0. The molecule has 1 aromatic heterocycles. The van der Waals surface area contributed by atoms with Gasteiger partial charge < -0.3 is 19.3 Å². The Morgan fingerprint density at radius 1 is 1.11 bits per heavy atom. The summed E-state index contributed by atoms with van der Waals surface area (Å²) in [7, 11) is 0.979. The van der Waals surface area contributed by atoms with Crippen LogP contribution in [-0.2, 0) is 15.6 Å². The highest BCUT2D eigenvalue weighted by Crippen LogP contribution is 2.52. The Kier molecular flexibility index (Phi) is 5.22. The van der Waals surface area contributed by atoms with E-state index in [-0.39, 0.29) is 38.3 Å². The van der Waals surface area contributed by atoms with Gasteiger partial charge in [0.15, 0.2) is 11.5 Å². The number of aromatic nitrogens is 2. The average Bonchev–Trinajstić information content (AvgIpc) is 2.69. The first-order chi connectivity index (χ1) is 13.0. The van der Waals surface area contributed by atoms with Crippen molar-refractivity contribution in [3.05, 3.63) is 36.8 Å². The third kappa shape index (κ3) is 3.28. The predicted molar refractivity (Wildman–Crippen MR) is 96.7 cm³/mol. The molecule has 140 valence electrons. The monoisotopic (exact) mass is 388 g/mol. The lowest BCUT2D eigenvalue weighted by Crippen LogP contribution is -2.06. The molecule has 0 saturated heterocycles. The molecule has 0 aliphatic carbocycles. The molecule has 0 spiro atoms. The molecule has 0 saturated carbocycles. The number of carbonyl (C=O) groups excluding carboxylic acids is 1. The zero-order chi connectivity index (χ0) is 19.6. The number of methoxy groups -OCH3 is 2. The van der Waals surface area contributed by atoms with Gasteiger partial charge in [-0.05, 0) is 12.1 Å². The van der Waals surface area contributed by atoms with Crippen molar-refractivity contribution in [1.29, 1.82) is 0 Å². The Hall–Kier alpha value is -3.20. The van der Waals surface area contributed by atoms with Crippen molar-refractivity contribution in [3.63, 3.8) is 0 Å². The molecule has 1 heterocycles. The highest BCUT2D eigenvalue weighted by molar-refractivity contribution is 7.85. The summed E-state index contributed by atoms with van der Waals surface area (Å²) < 4.78 is 28.9. The van der Waals surface area contributed by atoms with Gasteiger partial charge >= 0.3 is 5.97 Å². The van der Waals surface area contributed by atoms with Crippen LogP contribution in [-0.4, -0.2) is 39.5 Å². The molecule has 0 radical (unpaired) electrons. The fourth-order valence-electron chi connectivity index (χ4n) is 2.69. The molecular weight excluding hydrogens is 372 g/mol. The maximum Gasteiger partial charge on any atom is 0.308 e. The first kappa shape index (κ1) is 18.6. The van der Waals surface area contributed by atoms with E-state index in [1.165, 1.54) is 39.7 Å². The minimum atomic E-state index is -1.72. The van der Waals surface area contributed by atoms with E-state index in [2.05, 4.69) is 9.97 Å². The summed E-state index contributed by atoms with van der Waals surface area (Å²) in [6, 6.07) is 6.36. The molecule has 0 aliphatic rings. The summed E-state index contributed by atoms with van der Waals surface area (Å²) in [6.07, 6.45) is 2.76. The number of fused-ring (bicyclic) bond motifs is 1. The summed E-state index contributed by atoms with van der Waals surface area (Å²) in [5.41, 5.74) is 0. The fourth-order valence-corrected chi connectivity index (χ4v) is 3.83. The van der Waals surface area contributed by atoms with Crippen LogP contribution in [0.15, 0.2) is 46.7 Å². The summed E-state index contributed by atoms with van der Waals surface area (Å²) >= 11 is 0. The normalized spacial score (nSPS) is 11.8. The van der Waals surface area contributed by atoms with Gasteiger partial charge in [-0.3, -0.25) is 4.79 Å². The van der Waals surface area contributed by atoms with Gasteiger partial charge in [0.1, 0.15) is 22.2 Å². The van der Waals surface area contributed by atoms with Crippen molar-refractivity contribution in [1.82, 2.24) is 9.97 Å². The molecule has 0 aliphatic heterocycles. The van der Waals surface area contributed by atoms with E-state index in [9.17, 15) is 14.1 Å². The van der Waals surface area contributed by atoms with Crippen LogP contribution >= 0.6 is 0 Å². The molecule has 1 N–H and O–H groups in total. The van der Waals surface area contributed by atoms with Gasteiger partial charge in [0.2, 0.25) is 11.5 Å². The molecular formula is C18H16N2O6S. The molecule has 8 nitrogen and oxygen atoms in total. The average molecular weight is 388 g/mol. The maximum absolute atomic E-state index is 13.0. The summed E-state index contributed by atoms with van der Waals surface area (Å²) in [6.45, 7) is 1.24. The number of hydrogen-bond donors (Lipinski definition) is 1. The zero-order valence-electron chi connectivity index (χ0n) is 14.8. The van der Waals surface area contributed by atoms with Gasteiger partial charge in [-0.15, -0.1) is 0 Å². The second-order valence-corrected chi connectivity index (χ2v) is 6.73. The highest BCUT2D eigenvalue weighted by atomic mass is 32.2. The third-order valence-electron chi connectivity index (χ3n) is 3.73. The Morgan fingerprint density at radius 2 is 1.85 bits per heavy atom. The van der Waals surface area contributed by atoms with E-state index >= 15 is 0 Å².